The summed E-state index contributed by atoms with van der Waals surface area (Å²) < 4.78 is 5.13. The first kappa shape index (κ1) is 16.4. The fraction of sp³-hybridized carbons (Fsp3) is 0.188. The van der Waals surface area contributed by atoms with Crippen LogP contribution in [0.25, 0.3) is 0 Å². The zero-order chi connectivity index (χ0) is 15.8. The molecule has 4 nitrogen and oxygen atoms in total. The fourth-order valence-corrected chi connectivity index (χ4v) is 2.18. The van der Waals surface area contributed by atoms with E-state index in [-0.39, 0.29) is 0 Å². The number of nitrogens with one attached hydrogen (secondary N) is 3. The standard InChI is InChI=1S/C16H18ClN3OS/c1-21-13-8-6-12(7-9-13)10-11-18-16(22)20-19-15-5-3-2-4-14(15)17/h2-9,19H,10-11H2,1H3,(H2,18,20,22). The lowest BCUT2D eigenvalue weighted by Gasteiger charge is -2.13. The molecule has 0 radical (unpaired) electrons. The number of anilines is 1. The molecule has 0 heterocycles. The molecule has 0 atom stereocenters. The summed E-state index contributed by atoms with van der Waals surface area (Å²) in [6, 6.07) is 15.4. The van der Waals surface area contributed by atoms with Crippen LogP contribution in [0, 0.1) is 0 Å². The second-order valence-electron chi connectivity index (χ2n) is 4.58. The normalized spacial score (nSPS) is 9.91. The number of hydrogen-bond acceptors (Lipinski definition) is 3. The zero-order valence-corrected chi connectivity index (χ0v) is 13.8. The zero-order valence-electron chi connectivity index (χ0n) is 12.2. The van der Waals surface area contributed by atoms with E-state index in [1.807, 2.05) is 48.5 Å². The lowest BCUT2D eigenvalue weighted by molar-refractivity contribution is 0.414. The van der Waals surface area contributed by atoms with Gasteiger partial charge >= 0.3 is 0 Å². The molecule has 2 rings (SSSR count). The third kappa shape index (κ3) is 5.09. The molecular formula is C16H18ClN3OS. The maximum Gasteiger partial charge on any atom is 0.185 e. The Morgan fingerprint density at radius 1 is 1.14 bits per heavy atom. The van der Waals surface area contributed by atoms with Gasteiger partial charge < -0.3 is 10.1 Å². The van der Waals surface area contributed by atoms with Crippen molar-refractivity contribution in [3.8, 4) is 5.75 Å². The number of para-hydroxylation sites is 1. The van der Waals surface area contributed by atoms with E-state index in [4.69, 9.17) is 28.6 Å². The first-order valence-corrected chi connectivity index (χ1v) is 7.65. The quantitative estimate of drug-likeness (QED) is 0.558. The third-order valence-electron chi connectivity index (χ3n) is 3.04. The number of ether oxygens (including phenoxy) is 1. The van der Waals surface area contributed by atoms with Crippen LogP contribution in [0.3, 0.4) is 0 Å². The highest BCUT2D eigenvalue weighted by molar-refractivity contribution is 7.80. The van der Waals surface area contributed by atoms with E-state index in [1.54, 1.807) is 7.11 Å². The van der Waals surface area contributed by atoms with E-state index >= 15 is 0 Å². The molecule has 0 saturated heterocycles. The number of hydrazine groups is 1. The second-order valence-corrected chi connectivity index (χ2v) is 5.40. The number of rotatable bonds is 6. The van der Waals surface area contributed by atoms with Crippen molar-refractivity contribution in [2.45, 2.75) is 6.42 Å². The molecule has 0 aliphatic carbocycles. The van der Waals surface area contributed by atoms with Crippen LogP contribution in [-0.2, 0) is 6.42 Å². The van der Waals surface area contributed by atoms with Crippen molar-refractivity contribution in [1.29, 1.82) is 0 Å². The Hall–Kier alpha value is -1.98. The molecule has 22 heavy (non-hydrogen) atoms. The fourth-order valence-electron chi connectivity index (χ4n) is 1.84. The van der Waals surface area contributed by atoms with Gasteiger partial charge in [0.1, 0.15) is 5.75 Å². The number of hydrogen-bond donors (Lipinski definition) is 3. The molecule has 0 fully saturated rings. The average Bonchev–Trinajstić information content (AvgIpc) is 2.55. The van der Waals surface area contributed by atoms with E-state index in [2.05, 4.69) is 16.2 Å². The summed E-state index contributed by atoms with van der Waals surface area (Å²) in [5, 5.41) is 4.29. The Kier molecular flexibility index (Phi) is 6.30. The first-order valence-electron chi connectivity index (χ1n) is 6.86. The molecule has 0 amide bonds. The minimum absolute atomic E-state index is 0.522. The van der Waals surface area contributed by atoms with Gasteiger partial charge in [-0.05, 0) is 48.5 Å². The van der Waals surface area contributed by atoms with Crippen molar-refractivity contribution in [3.05, 3.63) is 59.1 Å². The molecule has 2 aromatic carbocycles. The van der Waals surface area contributed by atoms with Crippen molar-refractivity contribution in [3.63, 3.8) is 0 Å². The Labute approximate surface area is 140 Å². The predicted octanol–water partition coefficient (Wildman–Crippen LogP) is 3.38. The van der Waals surface area contributed by atoms with E-state index in [1.165, 1.54) is 5.56 Å². The van der Waals surface area contributed by atoms with Crippen molar-refractivity contribution in [2.24, 2.45) is 0 Å². The van der Waals surface area contributed by atoms with Gasteiger partial charge in [0.15, 0.2) is 5.11 Å². The first-order chi connectivity index (χ1) is 10.7. The number of benzene rings is 2. The minimum Gasteiger partial charge on any atom is -0.497 e. The largest absolute Gasteiger partial charge is 0.497 e. The van der Waals surface area contributed by atoms with E-state index in [0.29, 0.717) is 10.1 Å². The Morgan fingerprint density at radius 2 is 1.86 bits per heavy atom. The Morgan fingerprint density at radius 3 is 2.55 bits per heavy atom. The van der Waals surface area contributed by atoms with Gasteiger partial charge in [0.2, 0.25) is 0 Å². The molecule has 2 aromatic rings. The van der Waals surface area contributed by atoms with Crippen LogP contribution in [-0.4, -0.2) is 18.8 Å². The molecule has 6 heteroatoms. The lowest BCUT2D eigenvalue weighted by Crippen LogP contribution is -2.39. The summed E-state index contributed by atoms with van der Waals surface area (Å²) in [6.07, 6.45) is 0.873. The van der Waals surface area contributed by atoms with Gasteiger partial charge in [-0.25, -0.2) is 0 Å². The van der Waals surface area contributed by atoms with Gasteiger partial charge in [-0.15, -0.1) is 0 Å². The summed E-state index contributed by atoms with van der Waals surface area (Å²) in [5.41, 5.74) is 7.88. The highest BCUT2D eigenvalue weighted by atomic mass is 35.5. The van der Waals surface area contributed by atoms with Crippen LogP contribution in [0.4, 0.5) is 5.69 Å². The summed E-state index contributed by atoms with van der Waals surface area (Å²) >= 11 is 11.2. The van der Waals surface area contributed by atoms with Gasteiger partial charge in [0.25, 0.3) is 0 Å². The molecule has 0 aromatic heterocycles. The van der Waals surface area contributed by atoms with E-state index in [9.17, 15) is 0 Å². The van der Waals surface area contributed by atoms with Crippen LogP contribution < -0.4 is 20.9 Å². The van der Waals surface area contributed by atoms with Crippen LogP contribution >= 0.6 is 23.8 Å². The smallest absolute Gasteiger partial charge is 0.185 e. The molecule has 3 N–H and O–H groups in total. The SMILES string of the molecule is COc1ccc(CCNC(=S)NNc2ccccc2Cl)cc1. The third-order valence-corrected chi connectivity index (χ3v) is 3.62. The molecule has 0 bridgehead atoms. The molecular weight excluding hydrogens is 318 g/mol. The second kappa shape index (κ2) is 8.46. The topological polar surface area (TPSA) is 45.3 Å². The average molecular weight is 336 g/mol. The molecule has 0 saturated carbocycles. The van der Waals surface area contributed by atoms with Gasteiger partial charge in [0.05, 0.1) is 17.8 Å². The Bertz CT molecular complexity index is 619. The summed E-state index contributed by atoms with van der Waals surface area (Å²) in [5.74, 6) is 0.859. The van der Waals surface area contributed by atoms with Gasteiger partial charge in [-0.1, -0.05) is 35.9 Å². The van der Waals surface area contributed by atoms with E-state index < -0.39 is 0 Å². The highest BCUT2D eigenvalue weighted by Gasteiger charge is 2.00. The van der Waals surface area contributed by atoms with Gasteiger partial charge in [0, 0.05) is 6.54 Å². The monoisotopic (exact) mass is 335 g/mol. The molecule has 116 valence electrons. The maximum atomic E-state index is 6.04. The highest BCUT2D eigenvalue weighted by Crippen LogP contribution is 2.19. The van der Waals surface area contributed by atoms with Crippen molar-refractivity contribution >= 4 is 34.6 Å². The minimum atomic E-state index is 0.522. The van der Waals surface area contributed by atoms with E-state index in [0.717, 1.165) is 24.4 Å². The van der Waals surface area contributed by atoms with Crippen LogP contribution in [0.2, 0.25) is 5.02 Å². The summed E-state index contributed by atoms with van der Waals surface area (Å²) in [4.78, 5) is 0. The molecule has 0 spiro atoms. The molecule has 0 unspecified atom stereocenters. The number of halogens is 1. The lowest BCUT2D eigenvalue weighted by atomic mass is 10.1. The number of thiocarbonyl (C=S) groups is 1. The Balaban J connectivity index is 1.70. The predicted molar refractivity (Wildman–Crippen MR) is 95.5 cm³/mol. The number of methoxy groups -OCH3 is 1. The van der Waals surface area contributed by atoms with Gasteiger partial charge in [-0.2, -0.15) is 0 Å². The van der Waals surface area contributed by atoms with Crippen molar-refractivity contribution < 1.29 is 4.74 Å². The molecule has 0 aliphatic rings. The summed E-state index contributed by atoms with van der Waals surface area (Å²) in [6.45, 7) is 0.738. The van der Waals surface area contributed by atoms with Gasteiger partial charge in [-0.3, -0.25) is 10.9 Å². The van der Waals surface area contributed by atoms with Crippen molar-refractivity contribution in [2.75, 3.05) is 19.1 Å². The molecule has 0 aliphatic heterocycles. The summed E-state index contributed by atoms with van der Waals surface area (Å²) in [7, 11) is 1.66. The van der Waals surface area contributed by atoms with Crippen LogP contribution in [0.1, 0.15) is 5.56 Å². The maximum absolute atomic E-state index is 6.04. The van der Waals surface area contributed by atoms with Crippen LogP contribution in [0.15, 0.2) is 48.5 Å². The van der Waals surface area contributed by atoms with Crippen LogP contribution in [0.5, 0.6) is 5.75 Å². The van der Waals surface area contributed by atoms with Crippen molar-refractivity contribution in [1.82, 2.24) is 10.7 Å².